The number of benzene rings is 1. The van der Waals surface area contributed by atoms with Crippen LogP contribution in [0.15, 0.2) is 35.8 Å². The first kappa shape index (κ1) is 15.5. The summed E-state index contributed by atoms with van der Waals surface area (Å²) in [5.41, 5.74) is 1.06. The Hall–Kier alpha value is -1.92. The second kappa shape index (κ2) is 7.19. The Morgan fingerprint density at radius 1 is 1.48 bits per heavy atom. The number of nitrogens with zero attached hydrogens (tertiary/aromatic N) is 2. The lowest BCUT2D eigenvalue weighted by Gasteiger charge is -2.25. The summed E-state index contributed by atoms with van der Waals surface area (Å²) in [6, 6.07) is 7.92. The fourth-order valence-electron chi connectivity index (χ4n) is 2.06. The van der Waals surface area contributed by atoms with Gasteiger partial charge in [0.2, 0.25) is 5.91 Å². The summed E-state index contributed by atoms with van der Waals surface area (Å²) in [6.45, 7) is 2.34. The number of amides is 1. The fraction of sp³-hybridized carbons (Fsp3) is 0.333. The van der Waals surface area contributed by atoms with E-state index in [1.807, 2.05) is 41.6 Å². The number of likely N-dealkylation sites (N-methyl/N-ethyl adjacent to an activating group) is 1. The first-order valence-corrected chi connectivity index (χ1v) is 7.52. The molecule has 21 heavy (non-hydrogen) atoms. The van der Waals surface area contributed by atoms with Crippen molar-refractivity contribution in [2.45, 2.75) is 13.0 Å². The number of carbonyl (C=O) groups excluding carboxylic acids is 1. The first-order valence-electron chi connectivity index (χ1n) is 6.64. The maximum atomic E-state index is 12.0. The zero-order valence-electron chi connectivity index (χ0n) is 12.4. The van der Waals surface area contributed by atoms with Crippen LogP contribution in [0.25, 0.3) is 0 Å². The number of thiazole rings is 1. The summed E-state index contributed by atoms with van der Waals surface area (Å²) >= 11 is 1.41. The fourth-order valence-corrected chi connectivity index (χ4v) is 2.60. The molecule has 112 valence electrons. The molecule has 2 rings (SSSR count). The lowest BCUT2D eigenvalue weighted by Crippen LogP contribution is -2.32. The molecule has 0 bridgehead atoms. The molecule has 5 nitrogen and oxygen atoms in total. The largest absolute Gasteiger partial charge is 0.496 e. The van der Waals surface area contributed by atoms with Gasteiger partial charge in [0.1, 0.15) is 5.75 Å². The highest BCUT2D eigenvalue weighted by Crippen LogP contribution is 2.27. The topological polar surface area (TPSA) is 54.5 Å². The summed E-state index contributed by atoms with van der Waals surface area (Å²) in [5.74, 6) is 0.756. The van der Waals surface area contributed by atoms with E-state index in [-0.39, 0.29) is 11.9 Å². The van der Waals surface area contributed by atoms with Crippen LogP contribution in [0.4, 0.5) is 5.13 Å². The van der Waals surface area contributed by atoms with Gasteiger partial charge in [-0.25, -0.2) is 4.98 Å². The van der Waals surface area contributed by atoms with Gasteiger partial charge in [-0.3, -0.25) is 9.69 Å². The minimum Gasteiger partial charge on any atom is -0.496 e. The molecular formula is C15H19N3O2S. The number of anilines is 1. The van der Waals surface area contributed by atoms with Gasteiger partial charge in [0.25, 0.3) is 0 Å². The van der Waals surface area contributed by atoms with Gasteiger partial charge < -0.3 is 10.1 Å². The van der Waals surface area contributed by atoms with Crippen molar-refractivity contribution in [2.75, 3.05) is 26.0 Å². The van der Waals surface area contributed by atoms with E-state index in [0.717, 1.165) is 11.3 Å². The molecule has 2 aromatic rings. The Bertz CT molecular complexity index is 586. The highest BCUT2D eigenvalue weighted by molar-refractivity contribution is 7.13. The van der Waals surface area contributed by atoms with Gasteiger partial charge in [-0.2, -0.15) is 0 Å². The molecule has 1 N–H and O–H groups in total. The van der Waals surface area contributed by atoms with Crippen LogP contribution in [-0.2, 0) is 4.79 Å². The number of para-hydroxylation sites is 1. The van der Waals surface area contributed by atoms with Crippen LogP contribution in [-0.4, -0.2) is 36.5 Å². The van der Waals surface area contributed by atoms with Crippen LogP contribution < -0.4 is 10.1 Å². The minimum absolute atomic E-state index is 0.0724. The van der Waals surface area contributed by atoms with Crippen LogP contribution in [0.5, 0.6) is 5.75 Å². The number of methoxy groups -OCH3 is 1. The zero-order valence-corrected chi connectivity index (χ0v) is 13.2. The monoisotopic (exact) mass is 305 g/mol. The molecule has 0 aliphatic rings. The Kier molecular flexibility index (Phi) is 5.30. The van der Waals surface area contributed by atoms with Crippen LogP contribution in [0.3, 0.4) is 0 Å². The predicted molar refractivity (Wildman–Crippen MR) is 84.8 cm³/mol. The number of aromatic nitrogens is 1. The molecule has 0 aliphatic carbocycles. The van der Waals surface area contributed by atoms with Gasteiger partial charge in [-0.15, -0.1) is 11.3 Å². The maximum absolute atomic E-state index is 12.0. The van der Waals surface area contributed by atoms with E-state index in [1.165, 1.54) is 11.3 Å². The highest BCUT2D eigenvalue weighted by Gasteiger charge is 2.18. The van der Waals surface area contributed by atoms with Crippen LogP contribution in [0.2, 0.25) is 0 Å². The van der Waals surface area contributed by atoms with Gasteiger partial charge in [0.05, 0.1) is 13.7 Å². The standard InChI is InChI=1S/C15H19N3O2S/c1-11(12-6-4-5-7-13(12)20-3)18(2)10-14(19)17-15-16-8-9-21-15/h4-9,11H,10H2,1-3H3,(H,16,17,19)/t11-/m1/s1. The number of hydrogen-bond acceptors (Lipinski definition) is 5. The molecule has 0 saturated heterocycles. The average molecular weight is 305 g/mol. The summed E-state index contributed by atoms with van der Waals surface area (Å²) in [6.07, 6.45) is 1.67. The lowest BCUT2D eigenvalue weighted by molar-refractivity contribution is -0.117. The van der Waals surface area contributed by atoms with E-state index in [1.54, 1.807) is 13.3 Å². The Morgan fingerprint density at radius 2 is 2.24 bits per heavy atom. The van der Waals surface area contributed by atoms with Crippen molar-refractivity contribution >= 4 is 22.4 Å². The Labute approximate surface area is 128 Å². The highest BCUT2D eigenvalue weighted by atomic mass is 32.1. The number of nitrogens with one attached hydrogen (secondary N) is 1. The lowest BCUT2D eigenvalue weighted by atomic mass is 10.1. The molecule has 1 aromatic heterocycles. The van der Waals surface area contributed by atoms with Crippen molar-refractivity contribution in [1.29, 1.82) is 0 Å². The molecular weight excluding hydrogens is 286 g/mol. The van der Waals surface area contributed by atoms with Crippen molar-refractivity contribution < 1.29 is 9.53 Å². The molecule has 1 amide bonds. The van der Waals surface area contributed by atoms with E-state index in [4.69, 9.17) is 4.74 Å². The average Bonchev–Trinajstić information content (AvgIpc) is 2.99. The first-order chi connectivity index (χ1) is 10.1. The van der Waals surface area contributed by atoms with Gasteiger partial charge in [-0.05, 0) is 20.0 Å². The normalized spacial score (nSPS) is 12.2. The molecule has 0 fully saturated rings. The van der Waals surface area contributed by atoms with Crippen molar-refractivity contribution in [3.63, 3.8) is 0 Å². The van der Waals surface area contributed by atoms with Gasteiger partial charge in [0.15, 0.2) is 5.13 Å². The molecule has 6 heteroatoms. The third-order valence-electron chi connectivity index (χ3n) is 3.32. The maximum Gasteiger partial charge on any atom is 0.240 e. The van der Waals surface area contributed by atoms with E-state index in [9.17, 15) is 4.79 Å². The molecule has 1 heterocycles. The Morgan fingerprint density at radius 3 is 2.90 bits per heavy atom. The molecule has 0 unspecified atom stereocenters. The van der Waals surface area contributed by atoms with Gasteiger partial charge >= 0.3 is 0 Å². The molecule has 0 radical (unpaired) electrons. The number of rotatable bonds is 6. The zero-order chi connectivity index (χ0) is 15.2. The number of carbonyl (C=O) groups is 1. The quantitative estimate of drug-likeness (QED) is 0.891. The smallest absolute Gasteiger partial charge is 0.240 e. The van der Waals surface area contributed by atoms with Gasteiger partial charge in [-0.1, -0.05) is 18.2 Å². The Balaban J connectivity index is 1.99. The summed E-state index contributed by atoms with van der Waals surface area (Å²) in [7, 11) is 3.57. The van der Waals surface area contributed by atoms with Crippen LogP contribution >= 0.6 is 11.3 Å². The summed E-state index contributed by atoms with van der Waals surface area (Å²) in [5, 5.41) is 5.24. The number of hydrogen-bond donors (Lipinski definition) is 1. The molecule has 0 spiro atoms. The van der Waals surface area contributed by atoms with E-state index < -0.39 is 0 Å². The number of ether oxygens (including phenoxy) is 1. The summed E-state index contributed by atoms with van der Waals surface area (Å²) < 4.78 is 5.37. The molecule has 1 aromatic carbocycles. The second-order valence-corrected chi connectivity index (χ2v) is 5.61. The second-order valence-electron chi connectivity index (χ2n) is 4.72. The van der Waals surface area contributed by atoms with E-state index in [0.29, 0.717) is 11.7 Å². The third kappa shape index (κ3) is 4.03. The molecule has 0 aliphatic heterocycles. The van der Waals surface area contributed by atoms with E-state index >= 15 is 0 Å². The van der Waals surface area contributed by atoms with Crippen molar-refractivity contribution in [2.24, 2.45) is 0 Å². The van der Waals surface area contributed by atoms with Crippen LogP contribution in [0, 0.1) is 0 Å². The summed E-state index contributed by atoms with van der Waals surface area (Å²) in [4.78, 5) is 18.0. The molecule has 0 saturated carbocycles. The van der Waals surface area contributed by atoms with Crippen molar-refractivity contribution in [1.82, 2.24) is 9.88 Å². The van der Waals surface area contributed by atoms with E-state index in [2.05, 4.69) is 17.2 Å². The van der Waals surface area contributed by atoms with Gasteiger partial charge in [0, 0.05) is 23.2 Å². The van der Waals surface area contributed by atoms with Crippen molar-refractivity contribution in [3.05, 3.63) is 41.4 Å². The van der Waals surface area contributed by atoms with Crippen molar-refractivity contribution in [3.8, 4) is 5.75 Å². The van der Waals surface area contributed by atoms with Crippen LogP contribution in [0.1, 0.15) is 18.5 Å². The molecule has 1 atom stereocenters. The SMILES string of the molecule is COc1ccccc1[C@@H](C)N(C)CC(=O)Nc1nccs1. The minimum atomic E-state index is -0.0748. The predicted octanol–water partition coefficient (Wildman–Crippen LogP) is 2.78. The third-order valence-corrected chi connectivity index (χ3v) is 4.01.